The van der Waals surface area contributed by atoms with Crippen LogP contribution in [0.3, 0.4) is 0 Å². The lowest BCUT2D eigenvalue weighted by Gasteiger charge is -2.19. The second kappa shape index (κ2) is 8.83. The molecule has 0 unspecified atom stereocenters. The fourth-order valence-corrected chi connectivity index (χ4v) is 3.08. The van der Waals surface area contributed by atoms with Gasteiger partial charge in [0.2, 0.25) is 23.8 Å². The van der Waals surface area contributed by atoms with E-state index < -0.39 is 5.91 Å². The van der Waals surface area contributed by atoms with Gasteiger partial charge in [0.1, 0.15) is 0 Å². The molecule has 1 atom stereocenters. The summed E-state index contributed by atoms with van der Waals surface area (Å²) >= 11 is 0. The van der Waals surface area contributed by atoms with Crippen LogP contribution in [-0.2, 0) is 0 Å². The number of benzene rings is 1. The lowest BCUT2D eigenvalue weighted by Crippen LogP contribution is -2.26. The molecule has 1 aromatic carbocycles. The normalized spacial score (nSPS) is 16.0. The molecule has 1 fully saturated rings. The molecule has 1 amide bonds. The highest BCUT2D eigenvalue weighted by atomic mass is 16.1. The van der Waals surface area contributed by atoms with Crippen LogP contribution in [0.25, 0.3) is 0 Å². The first-order chi connectivity index (χ1) is 13.5. The van der Waals surface area contributed by atoms with Gasteiger partial charge in [0.25, 0.3) is 0 Å². The number of aromatic nitrogens is 3. The predicted molar refractivity (Wildman–Crippen MR) is 111 cm³/mol. The maximum Gasteiger partial charge on any atom is 0.248 e. The summed E-state index contributed by atoms with van der Waals surface area (Å²) in [5, 5.41) is 9.93. The fraction of sp³-hybridized carbons (Fsp3) is 0.474. The van der Waals surface area contributed by atoms with Crippen LogP contribution in [0.4, 0.5) is 23.5 Å². The van der Waals surface area contributed by atoms with E-state index in [-0.39, 0.29) is 0 Å². The van der Waals surface area contributed by atoms with E-state index in [0.29, 0.717) is 29.5 Å². The number of anilines is 4. The van der Waals surface area contributed by atoms with Gasteiger partial charge in [-0.25, -0.2) is 0 Å². The van der Waals surface area contributed by atoms with E-state index in [1.807, 2.05) is 24.9 Å². The van der Waals surface area contributed by atoms with Gasteiger partial charge in [-0.15, -0.1) is 0 Å². The molecule has 0 radical (unpaired) electrons. The molecule has 1 aliphatic heterocycles. The number of aryl methyl sites for hydroxylation is 1. The second-order valence-corrected chi connectivity index (χ2v) is 7.06. The summed E-state index contributed by atoms with van der Waals surface area (Å²) < 4.78 is 0. The minimum Gasteiger partial charge on any atom is -0.366 e. The number of carbonyl (C=O) groups excluding carboxylic acids is 1. The summed E-state index contributed by atoms with van der Waals surface area (Å²) in [5.41, 5.74) is 7.54. The standard InChI is InChI=1S/C19H28N8O/c1-4-9-27(3)19-25-17(22-14-7-8-21-11-14)24-18(26-19)23-15-10-13(16(20)28)6-5-12(15)2/h5-6,10,14,21H,4,7-9,11H2,1-3H3,(H2,20,28)(H2,22,23,24,25,26)/t14-/m0/s1. The maximum atomic E-state index is 11.5. The van der Waals surface area contributed by atoms with Gasteiger partial charge in [-0.1, -0.05) is 13.0 Å². The van der Waals surface area contributed by atoms with Gasteiger partial charge in [0.05, 0.1) is 0 Å². The average molecular weight is 384 g/mol. The molecule has 1 aliphatic rings. The molecule has 9 heteroatoms. The Bertz CT molecular complexity index is 835. The third-order valence-corrected chi connectivity index (χ3v) is 4.69. The van der Waals surface area contributed by atoms with Gasteiger partial charge in [-0.3, -0.25) is 4.79 Å². The minimum atomic E-state index is -0.474. The van der Waals surface area contributed by atoms with Crippen molar-refractivity contribution in [3.63, 3.8) is 0 Å². The Balaban J connectivity index is 1.91. The Morgan fingerprint density at radius 3 is 2.79 bits per heavy atom. The SMILES string of the molecule is CCCN(C)c1nc(Nc2cc(C(N)=O)ccc2C)nc(N[C@H]2CCNC2)n1. The van der Waals surface area contributed by atoms with E-state index in [1.165, 1.54) is 0 Å². The molecular weight excluding hydrogens is 356 g/mol. The second-order valence-electron chi connectivity index (χ2n) is 7.06. The zero-order chi connectivity index (χ0) is 20.1. The van der Waals surface area contributed by atoms with Crippen molar-refractivity contribution in [3.05, 3.63) is 29.3 Å². The molecule has 28 heavy (non-hydrogen) atoms. The van der Waals surface area contributed by atoms with Gasteiger partial charge in [-0.2, -0.15) is 15.0 Å². The summed E-state index contributed by atoms with van der Waals surface area (Å²) in [7, 11) is 1.96. The number of hydrogen-bond donors (Lipinski definition) is 4. The zero-order valence-electron chi connectivity index (χ0n) is 16.6. The smallest absolute Gasteiger partial charge is 0.248 e. The Morgan fingerprint density at radius 1 is 1.32 bits per heavy atom. The van der Waals surface area contributed by atoms with Crippen molar-refractivity contribution in [2.45, 2.75) is 32.7 Å². The number of rotatable bonds is 8. The van der Waals surface area contributed by atoms with Crippen molar-refractivity contribution in [2.75, 3.05) is 42.2 Å². The summed E-state index contributed by atoms with van der Waals surface area (Å²) in [5.74, 6) is 1.08. The van der Waals surface area contributed by atoms with Crippen molar-refractivity contribution in [1.82, 2.24) is 20.3 Å². The van der Waals surface area contributed by atoms with Gasteiger partial charge in [0, 0.05) is 37.4 Å². The summed E-state index contributed by atoms with van der Waals surface area (Å²) in [6.07, 6.45) is 2.01. The third kappa shape index (κ3) is 4.86. The molecule has 0 spiro atoms. The highest BCUT2D eigenvalue weighted by molar-refractivity contribution is 5.94. The average Bonchev–Trinajstić information content (AvgIpc) is 3.16. The predicted octanol–water partition coefficient (Wildman–Crippen LogP) is 1.64. The van der Waals surface area contributed by atoms with Crippen LogP contribution >= 0.6 is 0 Å². The molecule has 9 nitrogen and oxygen atoms in total. The van der Waals surface area contributed by atoms with Gasteiger partial charge in [-0.05, 0) is 44.0 Å². The van der Waals surface area contributed by atoms with Crippen LogP contribution in [0, 0.1) is 6.92 Å². The minimum absolute atomic E-state index is 0.291. The van der Waals surface area contributed by atoms with Crippen molar-refractivity contribution < 1.29 is 4.79 Å². The van der Waals surface area contributed by atoms with Crippen LogP contribution in [0.5, 0.6) is 0 Å². The number of carbonyl (C=O) groups is 1. The summed E-state index contributed by atoms with van der Waals surface area (Å²) in [6.45, 7) is 6.76. The lowest BCUT2D eigenvalue weighted by atomic mass is 10.1. The van der Waals surface area contributed by atoms with Crippen LogP contribution < -0.4 is 26.6 Å². The molecular formula is C19H28N8O. The lowest BCUT2D eigenvalue weighted by molar-refractivity contribution is 0.100. The third-order valence-electron chi connectivity index (χ3n) is 4.69. The monoisotopic (exact) mass is 384 g/mol. The topological polar surface area (TPSA) is 121 Å². The number of nitrogens with one attached hydrogen (secondary N) is 3. The Kier molecular flexibility index (Phi) is 6.25. The fourth-order valence-electron chi connectivity index (χ4n) is 3.08. The van der Waals surface area contributed by atoms with Crippen LogP contribution in [0.1, 0.15) is 35.7 Å². The van der Waals surface area contributed by atoms with E-state index in [9.17, 15) is 4.79 Å². The maximum absolute atomic E-state index is 11.5. The van der Waals surface area contributed by atoms with E-state index in [4.69, 9.17) is 5.73 Å². The van der Waals surface area contributed by atoms with Crippen LogP contribution in [0.15, 0.2) is 18.2 Å². The van der Waals surface area contributed by atoms with E-state index in [1.54, 1.807) is 12.1 Å². The van der Waals surface area contributed by atoms with Gasteiger partial charge in [0.15, 0.2) is 0 Å². The molecule has 2 aromatic rings. The van der Waals surface area contributed by atoms with E-state index in [0.717, 1.165) is 43.7 Å². The van der Waals surface area contributed by atoms with Crippen molar-refractivity contribution in [2.24, 2.45) is 5.73 Å². The highest BCUT2D eigenvalue weighted by Crippen LogP contribution is 2.22. The molecule has 2 heterocycles. The number of nitrogens with zero attached hydrogens (tertiary/aromatic N) is 4. The van der Waals surface area contributed by atoms with E-state index >= 15 is 0 Å². The molecule has 3 rings (SSSR count). The quantitative estimate of drug-likeness (QED) is 0.542. The van der Waals surface area contributed by atoms with Crippen molar-refractivity contribution in [1.29, 1.82) is 0 Å². The number of primary amides is 1. The molecule has 0 aliphatic carbocycles. The van der Waals surface area contributed by atoms with Crippen LogP contribution in [-0.4, -0.2) is 53.6 Å². The molecule has 0 saturated carbocycles. The summed E-state index contributed by atoms with van der Waals surface area (Å²) in [4.78, 5) is 27.2. The Hall–Kier alpha value is -2.94. The molecule has 5 N–H and O–H groups in total. The molecule has 0 bridgehead atoms. The van der Waals surface area contributed by atoms with Gasteiger partial charge >= 0.3 is 0 Å². The van der Waals surface area contributed by atoms with Crippen molar-refractivity contribution >= 4 is 29.4 Å². The first-order valence-corrected chi connectivity index (χ1v) is 9.58. The molecule has 150 valence electrons. The Morgan fingerprint density at radius 2 is 2.11 bits per heavy atom. The highest BCUT2D eigenvalue weighted by Gasteiger charge is 2.18. The zero-order valence-corrected chi connectivity index (χ0v) is 16.6. The number of hydrogen-bond acceptors (Lipinski definition) is 8. The first kappa shape index (κ1) is 19.8. The number of amides is 1. The summed E-state index contributed by atoms with van der Waals surface area (Å²) in [6, 6.07) is 5.55. The van der Waals surface area contributed by atoms with Gasteiger partial charge < -0.3 is 26.6 Å². The molecule has 1 saturated heterocycles. The van der Waals surface area contributed by atoms with E-state index in [2.05, 4.69) is 37.8 Å². The van der Waals surface area contributed by atoms with Crippen molar-refractivity contribution in [3.8, 4) is 0 Å². The molecule has 1 aromatic heterocycles. The van der Waals surface area contributed by atoms with Crippen LogP contribution in [0.2, 0.25) is 0 Å². The Labute approximate surface area is 165 Å². The largest absolute Gasteiger partial charge is 0.366 e. The number of nitrogens with two attached hydrogens (primary N) is 1. The first-order valence-electron chi connectivity index (χ1n) is 9.58.